The number of ketones is 1. The molecule has 0 bridgehead atoms. The molecule has 1 aliphatic carbocycles. The first kappa shape index (κ1) is 26.7. The summed E-state index contributed by atoms with van der Waals surface area (Å²) < 4.78 is 8.74. The second-order valence-electron chi connectivity index (χ2n) is 9.39. The van der Waals surface area contributed by atoms with E-state index in [1.54, 1.807) is 30.4 Å². The maximum atomic E-state index is 12.8. The van der Waals surface area contributed by atoms with E-state index in [1.165, 1.54) is 0 Å². The summed E-state index contributed by atoms with van der Waals surface area (Å²) in [6.07, 6.45) is 7.36. The zero-order valence-electron chi connectivity index (χ0n) is 21.6. The van der Waals surface area contributed by atoms with E-state index in [9.17, 15) is 9.59 Å². The number of nitrogens with one attached hydrogen (secondary N) is 1. The maximum absolute atomic E-state index is 12.8. The first-order valence-electron chi connectivity index (χ1n) is 13.1. The Hall–Kier alpha value is -3.88. The number of aliphatic hydroxyl groups excluding tert-OH is 1. The van der Waals surface area contributed by atoms with Crippen LogP contribution in [-0.4, -0.2) is 39.5 Å². The molecular formula is C31H31N3O4S. The third kappa shape index (κ3) is 6.41. The smallest absolute Gasteiger partial charge is 0.252 e. The second kappa shape index (κ2) is 12.8. The number of ether oxygens (including phenoxy) is 1. The quantitative estimate of drug-likeness (QED) is 0.252. The third-order valence-corrected chi connectivity index (χ3v) is 7.90. The summed E-state index contributed by atoms with van der Waals surface area (Å²) in [6.45, 7) is 0.663. The first-order chi connectivity index (χ1) is 19.1. The van der Waals surface area contributed by atoms with Crippen LogP contribution in [0.25, 0.3) is 0 Å². The molecule has 1 heterocycles. The Labute approximate surface area is 232 Å². The molecule has 0 radical (unpaired) electrons. The van der Waals surface area contributed by atoms with Crippen molar-refractivity contribution in [1.29, 1.82) is 0 Å². The van der Waals surface area contributed by atoms with Gasteiger partial charge in [0.15, 0.2) is 5.78 Å². The largest absolute Gasteiger partial charge is 0.484 e. The number of imidazole rings is 1. The van der Waals surface area contributed by atoms with Crippen molar-refractivity contribution in [2.75, 3.05) is 13.2 Å². The summed E-state index contributed by atoms with van der Waals surface area (Å²) in [5.41, 5.74) is 4.39. The standard InChI is InChI=1S/C31H31N3O4S/c35-18-16-33-31(37)25-9-4-5-12-30(25)39-20-26-23-10-6-11-27(36)24(23)13-14-28(26)38-29(19-34-17-15-32-21-34)22-7-2-1-3-8-22/h1-5,7-9,12-15,17,21,29,35H,6,10-11,16,18-20H2,(H,33,37). The molecule has 1 aliphatic rings. The lowest BCUT2D eigenvalue weighted by atomic mass is 9.87. The van der Waals surface area contributed by atoms with Gasteiger partial charge in [-0.25, -0.2) is 4.98 Å². The lowest BCUT2D eigenvalue weighted by molar-refractivity contribution is 0.0940. The third-order valence-electron chi connectivity index (χ3n) is 6.80. The van der Waals surface area contributed by atoms with E-state index in [2.05, 4.69) is 22.4 Å². The van der Waals surface area contributed by atoms with Gasteiger partial charge in [-0.3, -0.25) is 9.59 Å². The van der Waals surface area contributed by atoms with Gasteiger partial charge in [-0.05, 0) is 48.2 Å². The molecule has 0 saturated heterocycles. The Kier molecular flexibility index (Phi) is 8.75. The Morgan fingerprint density at radius 3 is 2.69 bits per heavy atom. The van der Waals surface area contributed by atoms with Gasteiger partial charge in [-0.2, -0.15) is 0 Å². The summed E-state index contributed by atoms with van der Waals surface area (Å²) >= 11 is 1.55. The number of nitrogens with zero attached hydrogens (tertiary/aromatic N) is 2. The van der Waals surface area contributed by atoms with Gasteiger partial charge in [-0.1, -0.05) is 42.5 Å². The number of carbonyl (C=O) groups excluding carboxylic acids is 2. The lowest BCUT2D eigenvalue weighted by Gasteiger charge is -2.26. The van der Waals surface area contributed by atoms with E-state index in [0.29, 0.717) is 24.3 Å². The van der Waals surface area contributed by atoms with Crippen LogP contribution in [0.1, 0.15) is 56.4 Å². The van der Waals surface area contributed by atoms with Crippen molar-refractivity contribution in [3.05, 3.63) is 113 Å². The number of aliphatic hydroxyl groups is 1. The molecule has 1 atom stereocenters. The molecule has 1 aromatic heterocycles. The normalized spacial score (nSPS) is 13.5. The monoisotopic (exact) mass is 541 g/mol. The van der Waals surface area contributed by atoms with Crippen LogP contribution in [0.4, 0.5) is 0 Å². The van der Waals surface area contributed by atoms with E-state index in [1.807, 2.05) is 59.3 Å². The van der Waals surface area contributed by atoms with Gasteiger partial charge in [0.05, 0.1) is 25.0 Å². The molecule has 3 aromatic carbocycles. The topological polar surface area (TPSA) is 93.4 Å². The Balaban J connectivity index is 1.48. The number of rotatable bonds is 11. The van der Waals surface area contributed by atoms with Crippen LogP contribution in [0.15, 0.2) is 90.3 Å². The fourth-order valence-corrected chi connectivity index (χ4v) is 5.97. The summed E-state index contributed by atoms with van der Waals surface area (Å²) in [5.74, 6) is 1.23. The molecule has 0 saturated carbocycles. The molecule has 2 N–H and O–H groups in total. The molecule has 0 spiro atoms. The minimum Gasteiger partial charge on any atom is -0.484 e. The molecule has 7 nitrogen and oxygen atoms in total. The van der Waals surface area contributed by atoms with Gasteiger partial charge in [0.2, 0.25) is 0 Å². The summed E-state index contributed by atoms with van der Waals surface area (Å²) in [6, 6.07) is 21.4. The number of hydrogen-bond acceptors (Lipinski definition) is 6. The summed E-state index contributed by atoms with van der Waals surface area (Å²) in [7, 11) is 0. The molecule has 5 rings (SSSR count). The highest BCUT2D eigenvalue weighted by atomic mass is 32.2. The Bertz CT molecular complexity index is 1420. The highest BCUT2D eigenvalue weighted by Gasteiger charge is 2.25. The predicted octanol–water partition coefficient (Wildman–Crippen LogP) is 5.24. The summed E-state index contributed by atoms with van der Waals surface area (Å²) in [5, 5.41) is 11.9. The van der Waals surface area contributed by atoms with E-state index >= 15 is 0 Å². The van der Waals surface area contributed by atoms with Crippen LogP contribution in [0, 0.1) is 0 Å². The fraction of sp³-hybridized carbons (Fsp3) is 0.258. The molecule has 1 amide bonds. The molecule has 39 heavy (non-hydrogen) atoms. The van der Waals surface area contributed by atoms with Gasteiger partial charge in [0.25, 0.3) is 5.91 Å². The van der Waals surface area contributed by atoms with E-state index < -0.39 is 0 Å². The van der Waals surface area contributed by atoms with Crippen molar-refractivity contribution in [1.82, 2.24) is 14.9 Å². The number of carbonyl (C=O) groups is 2. The maximum Gasteiger partial charge on any atom is 0.252 e. The van der Waals surface area contributed by atoms with Gasteiger partial charge in [0, 0.05) is 47.1 Å². The van der Waals surface area contributed by atoms with Crippen LogP contribution >= 0.6 is 11.8 Å². The van der Waals surface area contributed by atoms with E-state index in [-0.39, 0.29) is 30.9 Å². The Morgan fingerprint density at radius 2 is 1.90 bits per heavy atom. The number of fused-ring (bicyclic) bond motifs is 1. The lowest BCUT2D eigenvalue weighted by Crippen LogP contribution is -2.26. The molecule has 0 aliphatic heterocycles. The molecule has 8 heteroatoms. The molecule has 4 aromatic rings. The van der Waals surface area contributed by atoms with Crippen LogP contribution < -0.4 is 10.1 Å². The van der Waals surface area contributed by atoms with Gasteiger partial charge in [-0.15, -0.1) is 11.8 Å². The van der Waals surface area contributed by atoms with E-state index in [0.717, 1.165) is 45.7 Å². The number of benzene rings is 3. The van der Waals surface area contributed by atoms with Crippen molar-refractivity contribution in [3.63, 3.8) is 0 Å². The molecule has 1 unspecified atom stereocenters. The SMILES string of the molecule is O=C(NCCO)c1ccccc1SCc1c(OC(Cn2ccnc2)c2ccccc2)ccc2c1CCCC2=O. The van der Waals surface area contributed by atoms with Crippen LogP contribution in [0.5, 0.6) is 5.75 Å². The van der Waals surface area contributed by atoms with Crippen LogP contribution in [0.2, 0.25) is 0 Å². The predicted molar refractivity (Wildman–Crippen MR) is 151 cm³/mol. The van der Waals surface area contributed by atoms with Crippen LogP contribution in [-0.2, 0) is 18.7 Å². The summed E-state index contributed by atoms with van der Waals surface area (Å²) in [4.78, 5) is 30.5. The van der Waals surface area contributed by atoms with Crippen molar-refractivity contribution in [3.8, 4) is 5.75 Å². The average Bonchev–Trinajstić information content (AvgIpc) is 3.49. The van der Waals surface area contributed by atoms with Crippen molar-refractivity contribution >= 4 is 23.5 Å². The number of hydrogen-bond donors (Lipinski definition) is 2. The van der Waals surface area contributed by atoms with Crippen molar-refractivity contribution in [2.45, 2.75) is 42.6 Å². The van der Waals surface area contributed by atoms with Crippen molar-refractivity contribution < 1.29 is 19.4 Å². The van der Waals surface area contributed by atoms with Gasteiger partial charge in [0.1, 0.15) is 11.9 Å². The number of Topliss-reactive ketones (excluding diaryl/α,β-unsaturated/α-hetero) is 1. The number of amides is 1. The highest BCUT2D eigenvalue weighted by molar-refractivity contribution is 7.98. The molecular weight excluding hydrogens is 510 g/mol. The number of aromatic nitrogens is 2. The second-order valence-corrected chi connectivity index (χ2v) is 10.4. The van der Waals surface area contributed by atoms with Gasteiger partial charge < -0.3 is 19.7 Å². The molecule has 0 fully saturated rings. The van der Waals surface area contributed by atoms with Gasteiger partial charge >= 0.3 is 0 Å². The zero-order valence-corrected chi connectivity index (χ0v) is 22.4. The van der Waals surface area contributed by atoms with E-state index in [4.69, 9.17) is 9.84 Å². The first-order valence-corrected chi connectivity index (χ1v) is 14.1. The van der Waals surface area contributed by atoms with Crippen LogP contribution in [0.3, 0.4) is 0 Å². The Morgan fingerprint density at radius 1 is 1.08 bits per heavy atom. The number of thioether (sulfide) groups is 1. The average molecular weight is 542 g/mol. The fourth-order valence-electron chi connectivity index (χ4n) is 4.86. The highest BCUT2D eigenvalue weighted by Crippen LogP contribution is 2.38. The molecule has 200 valence electrons. The van der Waals surface area contributed by atoms with Crippen molar-refractivity contribution in [2.24, 2.45) is 0 Å². The minimum absolute atomic E-state index is 0.117. The minimum atomic E-state index is -0.266. The zero-order chi connectivity index (χ0) is 27.0.